The summed E-state index contributed by atoms with van der Waals surface area (Å²) >= 11 is 0. The fourth-order valence-corrected chi connectivity index (χ4v) is 1.23. The van der Waals surface area contributed by atoms with E-state index < -0.39 is 0 Å². The van der Waals surface area contributed by atoms with Crippen LogP contribution in [0.1, 0.15) is 25.5 Å². The van der Waals surface area contributed by atoms with Crippen molar-refractivity contribution in [3.63, 3.8) is 0 Å². The minimum Gasteiger partial charge on any atom is -0.399 e. The Kier molecular flexibility index (Phi) is 2.22. The van der Waals surface area contributed by atoms with Gasteiger partial charge in [0.2, 0.25) is 0 Å². The summed E-state index contributed by atoms with van der Waals surface area (Å²) in [6.07, 6.45) is 0. The van der Waals surface area contributed by atoms with E-state index in [9.17, 15) is 4.79 Å². The predicted octanol–water partition coefficient (Wildman–Crippen LogP) is 1.09. The van der Waals surface area contributed by atoms with Crippen LogP contribution in [0.25, 0.3) is 0 Å². The van der Waals surface area contributed by atoms with Gasteiger partial charge in [0.05, 0.1) is 0 Å². The van der Waals surface area contributed by atoms with Gasteiger partial charge in [-0.3, -0.25) is 4.79 Å². The first-order valence-electron chi connectivity index (χ1n) is 3.99. The Labute approximate surface area is 71.8 Å². The zero-order chi connectivity index (χ0) is 9.30. The molecule has 1 heterocycles. The van der Waals surface area contributed by atoms with Gasteiger partial charge < -0.3 is 10.3 Å². The number of nitrogens with zero attached hydrogens (tertiary/aromatic N) is 1. The Morgan fingerprint density at radius 1 is 1.42 bits per heavy atom. The molecule has 0 aliphatic carbocycles. The minimum absolute atomic E-state index is 0.0429. The molecule has 0 aromatic carbocycles. The lowest BCUT2D eigenvalue weighted by Crippen LogP contribution is -2.20. The van der Waals surface area contributed by atoms with E-state index in [1.807, 2.05) is 19.9 Å². The highest BCUT2D eigenvalue weighted by Gasteiger charge is 2.04. The van der Waals surface area contributed by atoms with Crippen LogP contribution in [0.2, 0.25) is 0 Å². The lowest BCUT2D eigenvalue weighted by molar-refractivity contribution is 0.708. The molecule has 0 unspecified atom stereocenters. The number of anilines is 1. The van der Waals surface area contributed by atoms with Gasteiger partial charge in [-0.2, -0.15) is 0 Å². The molecule has 0 saturated carbocycles. The molecular weight excluding hydrogens is 152 g/mol. The molecule has 0 aliphatic heterocycles. The molecule has 0 bridgehead atoms. The maximum atomic E-state index is 11.2. The van der Waals surface area contributed by atoms with Crippen LogP contribution in [-0.2, 0) is 7.05 Å². The molecule has 0 aliphatic rings. The maximum Gasteiger partial charge on any atom is 0.252 e. The van der Waals surface area contributed by atoms with Gasteiger partial charge in [-0.1, -0.05) is 13.8 Å². The van der Waals surface area contributed by atoms with E-state index in [0.717, 1.165) is 5.69 Å². The Hall–Kier alpha value is -1.25. The predicted molar refractivity (Wildman–Crippen MR) is 50.2 cm³/mol. The summed E-state index contributed by atoms with van der Waals surface area (Å²) in [5, 5.41) is 0. The molecule has 0 fully saturated rings. The topological polar surface area (TPSA) is 48.0 Å². The van der Waals surface area contributed by atoms with E-state index in [-0.39, 0.29) is 5.56 Å². The summed E-state index contributed by atoms with van der Waals surface area (Å²) in [6, 6.07) is 3.28. The molecule has 2 N–H and O–H groups in total. The maximum absolute atomic E-state index is 11.2. The van der Waals surface area contributed by atoms with Crippen molar-refractivity contribution in [2.75, 3.05) is 5.73 Å². The highest BCUT2D eigenvalue weighted by molar-refractivity contribution is 5.38. The van der Waals surface area contributed by atoms with Crippen LogP contribution < -0.4 is 11.3 Å². The molecule has 0 amide bonds. The number of hydrogen-bond donors (Lipinski definition) is 1. The van der Waals surface area contributed by atoms with Crippen LogP contribution in [0.5, 0.6) is 0 Å². The van der Waals surface area contributed by atoms with E-state index in [1.54, 1.807) is 11.6 Å². The standard InChI is InChI=1S/C9H14N2O/c1-6(2)8-4-7(10)5-9(12)11(8)3/h4-6H,10H2,1-3H3. The van der Waals surface area contributed by atoms with Crippen LogP contribution in [-0.4, -0.2) is 4.57 Å². The number of nitrogen functional groups attached to an aromatic ring is 1. The second-order valence-corrected chi connectivity index (χ2v) is 3.27. The van der Waals surface area contributed by atoms with Crippen molar-refractivity contribution in [2.45, 2.75) is 19.8 Å². The third-order valence-electron chi connectivity index (χ3n) is 1.91. The zero-order valence-electron chi connectivity index (χ0n) is 7.66. The average molecular weight is 166 g/mol. The number of pyridine rings is 1. The smallest absolute Gasteiger partial charge is 0.252 e. The van der Waals surface area contributed by atoms with Crippen LogP contribution in [0.15, 0.2) is 16.9 Å². The molecule has 0 atom stereocenters. The minimum atomic E-state index is -0.0429. The Morgan fingerprint density at radius 2 is 2.00 bits per heavy atom. The van der Waals surface area contributed by atoms with Gasteiger partial charge in [-0.25, -0.2) is 0 Å². The fraction of sp³-hybridized carbons (Fsp3) is 0.444. The summed E-state index contributed by atoms with van der Waals surface area (Å²) < 4.78 is 1.63. The first-order chi connectivity index (χ1) is 5.52. The Bertz CT molecular complexity index is 339. The molecule has 1 rings (SSSR count). The van der Waals surface area contributed by atoms with Crippen LogP contribution in [0, 0.1) is 0 Å². The molecule has 0 spiro atoms. The zero-order valence-corrected chi connectivity index (χ0v) is 7.66. The molecule has 3 nitrogen and oxygen atoms in total. The van der Waals surface area contributed by atoms with E-state index in [4.69, 9.17) is 5.73 Å². The summed E-state index contributed by atoms with van der Waals surface area (Å²) in [5.41, 5.74) is 7.03. The average Bonchev–Trinajstić information content (AvgIpc) is 1.96. The second kappa shape index (κ2) is 3.01. The van der Waals surface area contributed by atoms with Crippen molar-refractivity contribution >= 4 is 5.69 Å². The normalized spacial score (nSPS) is 10.7. The van der Waals surface area contributed by atoms with Crippen molar-refractivity contribution in [1.29, 1.82) is 0 Å². The lowest BCUT2D eigenvalue weighted by Gasteiger charge is -2.11. The lowest BCUT2D eigenvalue weighted by atomic mass is 10.1. The van der Waals surface area contributed by atoms with Crippen LogP contribution >= 0.6 is 0 Å². The van der Waals surface area contributed by atoms with Crippen molar-refractivity contribution in [3.05, 3.63) is 28.2 Å². The summed E-state index contributed by atoms with van der Waals surface area (Å²) in [4.78, 5) is 11.2. The number of rotatable bonds is 1. The quantitative estimate of drug-likeness (QED) is 0.679. The van der Waals surface area contributed by atoms with E-state index >= 15 is 0 Å². The largest absolute Gasteiger partial charge is 0.399 e. The van der Waals surface area contributed by atoms with E-state index in [0.29, 0.717) is 11.6 Å². The molecule has 1 aromatic rings. The van der Waals surface area contributed by atoms with Crippen LogP contribution in [0.4, 0.5) is 5.69 Å². The third-order valence-corrected chi connectivity index (χ3v) is 1.91. The molecule has 12 heavy (non-hydrogen) atoms. The highest BCUT2D eigenvalue weighted by atomic mass is 16.1. The molecule has 1 aromatic heterocycles. The van der Waals surface area contributed by atoms with Gasteiger partial charge in [-0.15, -0.1) is 0 Å². The van der Waals surface area contributed by atoms with Crippen LogP contribution in [0.3, 0.4) is 0 Å². The van der Waals surface area contributed by atoms with Crippen molar-refractivity contribution in [1.82, 2.24) is 4.57 Å². The molecule has 0 saturated heterocycles. The number of aromatic nitrogens is 1. The molecular formula is C9H14N2O. The highest BCUT2D eigenvalue weighted by Crippen LogP contribution is 2.13. The summed E-state index contributed by atoms with van der Waals surface area (Å²) in [6.45, 7) is 4.07. The third kappa shape index (κ3) is 1.49. The van der Waals surface area contributed by atoms with Crippen molar-refractivity contribution < 1.29 is 0 Å². The van der Waals surface area contributed by atoms with Gasteiger partial charge in [0.1, 0.15) is 0 Å². The summed E-state index contributed by atoms with van der Waals surface area (Å²) in [7, 11) is 1.76. The van der Waals surface area contributed by atoms with Crippen molar-refractivity contribution in [2.24, 2.45) is 7.05 Å². The fourth-order valence-electron chi connectivity index (χ4n) is 1.23. The number of nitrogens with two attached hydrogens (primary N) is 1. The Balaban J connectivity index is 3.38. The monoisotopic (exact) mass is 166 g/mol. The van der Waals surface area contributed by atoms with Gasteiger partial charge in [0.15, 0.2) is 0 Å². The first-order valence-corrected chi connectivity index (χ1v) is 3.99. The molecule has 0 radical (unpaired) electrons. The van der Waals surface area contributed by atoms with E-state index in [2.05, 4.69) is 0 Å². The van der Waals surface area contributed by atoms with Crippen molar-refractivity contribution in [3.8, 4) is 0 Å². The molecule has 66 valence electrons. The second-order valence-electron chi connectivity index (χ2n) is 3.27. The molecule has 3 heteroatoms. The van der Waals surface area contributed by atoms with E-state index in [1.165, 1.54) is 6.07 Å². The Morgan fingerprint density at radius 3 is 2.50 bits per heavy atom. The number of hydrogen-bond acceptors (Lipinski definition) is 2. The summed E-state index contributed by atoms with van der Waals surface area (Å²) in [5.74, 6) is 0.325. The first kappa shape index (κ1) is 8.84. The SMILES string of the molecule is CC(C)c1cc(N)cc(=O)n1C. The van der Waals surface area contributed by atoms with Gasteiger partial charge in [0, 0.05) is 24.5 Å². The van der Waals surface area contributed by atoms with Gasteiger partial charge >= 0.3 is 0 Å². The van der Waals surface area contributed by atoms with Gasteiger partial charge in [-0.05, 0) is 12.0 Å². The van der Waals surface area contributed by atoms with Gasteiger partial charge in [0.25, 0.3) is 5.56 Å².